The SMILES string of the molecule is COc1ccc(-n2cccc2C=Nc2cccc(Cl)c2C)cc1. The average molecular weight is 325 g/mol. The van der Waals surface area contributed by atoms with E-state index in [1.807, 2.05) is 73.9 Å². The van der Waals surface area contributed by atoms with Gasteiger partial charge in [0.1, 0.15) is 5.75 Å². The summed E-state index contributed by atoms with van der Waals surface area (Å²) >= 11 is 6.14. The first-order valence-corrected chi connectivity index (χ1v) is 7.68. The molecule has 0 aliphatic rings. The summed E-state index contributed by atoms with van der Waals surface area (Å²) in [7, 11) is 1.66. The molecule has 1 heterocycles. The highest BCUT2D eigenvalue weighted by Gasteiger charge is 2.03. The van der Waals surface area contributed by atoms with Crippen molar-refractivity contribution in [2.24, 2.45) is 4.99 Å². The largest absolute Gasteiger partial charge is 0.497 e. The lowest BCUT2D eigenvalue weighted by atomic mass is 10.2. The van der Waals surface area contributed by atoms with E-state index in [9.17, 15) is 0 Å². The van der Waals surface area contributed by atoms with Gasteiger partial charge >= 0.3 is 0 Å². The highest BCUT2D eigenvalue weighted by atomic mass is 35.5. The van der Waals surface area contributed by atoms with Gasteiger partial charge in [-0.05, 0) is 61.0 Å². The Morgan fingerprint density at radius 1 is 1.04 bits per heavy atom. The molecule has 0 radical (unpaired) electrons. The molecular weight excluding hydrogens is 308 g/mol. The Morgan fingerprint density at radius 2 is 1.83 bits per heavy atom. The van der Waals surface area contributed by atoms with Crippen LogP contribution in [0.5, 0.6) is 5.75 Å². The van der Waals surface area contributed by atoms with Gasteiger partial charge < -0.3 is 9.30 Å². The molecule has 3 aromatic rings. The first-order valence-electron chi connectivity index (χ1n) is 7.30. The molecule has 3 nitrogen and oxygen atoms in total. The predicted octanol–water partition coefficient (Wildman–Crippen LogP) is 5.20. The third kappa shape index (κ3) is 3.30. The molecule has 0 atom stereocenters. The number of aliphatic imine (C=N–C) groups is 1. The van der Waals surface area contributed by atoms with Crippen LogP contribution >= 0.6 is 11.6 Å². The quantitative estimate of drug-likeness (QED) is 0.606. The number of halogens is 1. The van der Waals surface area contributed by atoms with Gasteiger partial charge in [-0.15, -0.1) is 0 Å². The molecule has 0 aliphatic heterocycles. The van der Waals surface area contributed by atoms with E-state index in [0.29, 0.717) is 0 Å². The van der Waals surface area contributed by atoms with Gasteiger partial charge in [-0.3, -0.25) is 4.99 Å². The van der Waals surface area contributed by atoms with Gasteiger partial charge in [0, 0.05) is 16.9 Å². The van der Waals surface area contributed by atoms with Gasteiger partial charge in [0.15, 0.2) is 0 Å². The van der Waals surface area contributed by atoms with Crippen molar-refractivity contribution < 1.29 is 4.74 Å². The molecule has 0 aliphatic carbocycles. The van der Waals surface area contributed by atoms with Crippen LogP contribution in [0.3, 0.4) is 0 Å². The molecule has 0 saturated carbocycles. The summed E-state index contributed by atoms with van der Waals surface area (Å²) in [5, 5.41) is 0.727. The zero-order valence-corrected chi connectivity index (χ0v) is 13.8. The Balaban J connectivity index is 1.91. The first-order chi connectivity index (χ1) is 11.2. The smallest absolute Gasteiger partial charge is 0.119 e. The Morgan fingerprint density at radius 3 is 2.57 bits per heavy atom. The summed E-state index contributed by atoms with van der Waals surface area (Å²) in [5.74, 6) is 0.839. The number of aromatic nitrogens is 1. The minimum absolute atomic E-state index is 0.727. The van der Waals surface area contributed by atoms with Crippen molar-refractivity contribution in [3.05, 3.63) is 77.1 Å². The van der Waals surface area contributed by atoms with Crippen LogP contribution in [-0.2, 0) is 0 Å². The van der Waals surface area contributed by atoms with Crippen molar-refractivity contribution in [2.75, 3.05) is 7.11 Å². The number of rotatable bonds is 4. The summed E-state index contributed by atoms with van der Waals surface area (Å²) in [6, 6.07) is 17.7. The first kappa shape index (κ1) is 15.4. The lowest BCUT2D eigenvalue weighted by molar-refractivity contribution is 0.415. The van der Waals surface area contributed by atoms with Crippen molar-refractivity contribution in [1.82, 2.24) is 4.57 Å². The number of ether oxygens (including phenoxy) is 1. The Labute approximate surface area is 140 Å². The summed E-state index contributed by atoms with van der Waals surface area (Å²) in [5.41, 5.74) is 3.91. The van der Waals surface area contributed by atoms with E-state index < -0.39 is 0 Å². The summed E-state index contributed by atoms with van der Waals surface area (Å²) < 4.78 is 7.27. The number of methoxy groups -OCH3 is 1. The molecular formula is C19H17ClN2O. The van der Waals surface area contributed by atoms with Gasteiger partial charge in [0.05, 0.1) is 24.7 Å². The Hall–Kier alpha value is -2.52. The molecule has 4 heteroatoms. The number of hydrogen-bond donors (Lipinski definition) is 0. The second kappa shape index (κ2) is 6.71. The van der Waals surface area contributed by atoms with Crippen LogP contribution in [0.25, 0.3) is 5.69 Å². The van der Waals surface area contributed by atoms with Crippen molar-refractivity contribution in [2.45, 2.75) is 6.92 Å². The second-order valence-corrected chi connectivity index (χ2v) is 5.55. The summed E-state index contributed by atoms with van der Waals surface area (Å²) in [4.78, 5) is 4.57. The van der Waals surface area contributed by atoms with E-state index in [1.165, 1.54) is 0 Å². The summed E-state index contributed by atoms with van der Waals surface area (Å²) in [6.07, 6.45) is 3.86. The van der Waals surface area contributed by atoms with Crippen LogP contribution in [0, 0.1) is 6.92 Å². The minimum atomic E-state index is 0.727. The zero-order valence-electron chi connectivity index (χ0n) is 13.0. The fourth-order valence-corrected chi connectivity index (χ4v) is 2.52. The van der Waals surface area contributed by atoms with Crippen LogP contribution in [0.4, 0.5) is 5.69 Å². The lowest BCUT2D eigenvalue weighted by Gasteiger charge is -2.07. The normalized spacial score (nSPS) is 11.1. The second-order valence-electron chi connectivity index (χ2n) is 5.14. The monoisotopic (exact) mass is 324 g/mol. The molecule has 1 aromatic heterocycles. The third-order valence-corrected chi connectivity index (χ3v) is 4.12. The van der Waals surface area contributed by atoms with E-state index in [-0.39, 0.29) is 0 Å². The molecule has 0 bridgehead atoms. The molecule has 23 heavy (non-hydrogen) atoms. The molecule has 0 spiro atoms. The van der Waals surface area contributed by atoms with Crippen LogP contribution < -0.4 is 4.74 Å². The van der Waals surface area contributed by atoms with Crippen LogP contribution in [0.1, 0.15) is 11.3 Å². The van der Waals surface area contributed by atoms with Crippen molar-refractivity contribution >= 4 is 23.5 Å². The van der Waals surface area contributed by atoms with Crippen molar-refractivity contribution in [1.29, 1.82) is 0 Å². The lowest BCUT2D eigenvalue weighted by Crippen LogP contribution is -1.97. The Kier molecular flexibility index (Phi) is 4.49. The topological polar surface area (TPSA) is 26.5 Å². The average Bonchev–Trinajstić information content (AvgIpc) is 3.05. The standard InChI is InChI=1S/C19H17ClN2O/c1-14-18(20)6-3-7-19(14)21-13-16-5-4-12-22(16)15-8-10-17(23-2)11-9-15/h3-13H,1-2H3. The maximum atomic E-state index is 6.14. The highest BCUT2D eigenvalue weighted by molar-refractivity contribution is 6.31. The Bertz CT molecular complexity index is 835. The molecule has 0 N–H and O–H groups in total. The predicted molar refractivity (Wildman–Crippen MR) is 95.8 cm³/mol. The highest BCUT2D eigenvalue weighted by Crippen LogP contribution is 2.25. The van der Waals surface area contributed by atoms with E-state index in [1.54, 1.807) is 7.11 Å². The molecule has 3 rings (SSSR count). The minimum Gasteiger partial charge on any atom is -0.497 e. The molecule has 116 valence electrons. The number of benzene rings is 2. The fraction of sp³-hybridized carbons (Fsp3) is 0.105. The van der Waals surface area contributed by atoms with Crippen LogP contribution in [0.15, 0.2) is 65.8 Å². The zero-order chi connectivity index (χ0) is 16.2. The van der Waals surface area contributed by atoms with E-state index in [0.717, 1.165) is 33.4 Å². The van der Waals surface area contributed by atoms with E-state index >= 15 is 0 Å². The van der Waals surface area contributed by atoms with Gasteiger partial charge in [0.25, 0.3) is 0 Å². The molecule has 0 saturated heterocycles. The molecule has 0 amide bonds. The van der Waals surface area contributed by atoms with E-state index in [4.69, 9.17) is 16.3 Å². The van der Waals surface area contributed by atoms with Crippen LogP contribution in [-0.4, -0.2) is 17.9 Å². The molecule has 2 aromatic carbocycles. The maximum absolute atomic E-state index is 6.14. The molecule has 0 fully saturated rings. The van der Waals surface area contributed by atoms with Gasteiger partial charge in [-0.1, -0.05) is 17.7 Å². The van der Waals surface area contributed by atoms with Gasteiger partial charge in [0.2, 0.25) is 0 Å². The molecule has 0 unspecified atom stereocenters. The number of hydrogen-bond acceptors (Lipinski definition) is 2. The van der Waals surface area contributed by atoms with Gasteiger partial charge in [-0.2, -0.15) is 0 Å². The maximum Gasteiger partial charge on any atom is 0.119 e. The fourth-order valence-electron chi connectivity index (χ4n) is 2.35. The third-order valence-electron chi connectivity index (χ3n) is 3.71. The van der Waals surface area contributed by atoms with E-state index in [2.05, 4.69) is 9.56 Å². The van der Waals surface area contributed by atoms with Crippen molar-refractivity contribution in [3.63, 3.8) is 0 Å². The van der Waals surface area contributed by atoms with Crippen LogP contribution in [0.2, 0.25) is 5.02 Å². The van der Waals surface area contributed by atoms with Gasteiger partial charge in [-0.25, -0.2) is 0 Å². The summed E-state index contributed by atoms with van der Waals surface area (Å²) in [6.45, 7) is 1.97. The van der Waals surface area contributed by atoms with Crippen molar-refractivity contribution in [3.8, 4) is 11.4 Å². The number of nitrogens with zero attached hydrogens (tertiary/aromatic N) is 2.